The lowest BCUT2D eigenvalue weighted by Crippen LogP contribution is -2.30. The second-order valence-electron chi connectivity index (χ2n) is 5.70. The summed E-state index contributed by atoms with van der Waals surface area (Å²) in [6.45, 7) is 7.82. The molecule has 0 aliphatic rings. The normalized spacial score (nSPS) is 11.3. The minimum Gasteiger partial charge on any atom is -0.497 e. The van der Waals surface area contributed by atoms with Gasteiger partial charge in [-0.3, -0.25) is 4.79 Å². The van der Waals surface area contributed by atoms with Crippen molar-refractivity contribution in [3.05, 3.63) is 60.7 Å². The van der Waals surface area contributed by atoms with Crippen LogP contribution >= 0.6 is 0 Å². The van der Waals surface area contributed by atoms with Crippen molar-refractivity contribution in [1.82, 2.24) is 0 Å². The zero-order valence-electron chi connectivity index (χ0n) is 14.7. The average molecular weight is 341 g/mol. The fourth-order valence-electron chi connectivity index (χ4n) is 2.03. The summed E-state index contributed by atoms with van der Waals surface area (Å²) < 4.78 is 16.3. The van der Waals surface area contributed by atoms with E-state index in [0.29, 0.717) is 23.8 Å². The Bertz CT molecular complexity index is 725. The second kappa shape index (κ2) is 8.78. The molecular weight excluding hydrogens is 318 g/mol. The van der Waals surface area contributed by atoms with Crippen molar-refractivity contribution >= 4 is 11.6 Å². The highest BCUT2D eigenvalue weighted by molar-refractivity contribution is 5.94. The number of amides is 1. The van der Waals surface area contributed by atoms with E-state index in [0.717, 1.165) is 11.3 Å². The summed E-state index contributed by atoms with van der Waals surface area (Å²) in [6.07, 6.45) is -0.645. The molecule has 0 aromatic heterocycles. The minimum atomic E-state index is -0.645. The number of rotatable bonds is 8. The number of ether oxygens (including phenoxy) is 3. The van der Waals surface area contributed by atoms with Crippen molar-refractivity contribution in [2.45, 2.75) is 20.0 Å². The fourth-order valence-corrected chi connectivity index (χ4v) is 2.03. The van der Waals surface area contributed by atoms with E-state index >= 15 is 0 Å². The van der Waals surface area contributed by atoms with Gasteiger partial charge in [-0.05, 0) is 55.8 Å². The molecule has 0 bridgehead atoms. The lowest BCUT2D eigenvalue weighted by Gasteiger charge is -2.15. The van der Waals surface area contributed by atoms with Gasteiger partial charge in [-0.25, -0.2) is 0 Å². The summed E-state index contributed by atoms with van der Waals surface area (Å²) in [5.74, 6) is 1.76. The summed E-state index contributed by atoms with van der Waals surface area (Å²) in [4.78, 5) is 12.3. The molecule has 2 rings (SSSR count). The molecule has 132 valence electrons. The summed E-state index contributed by atoms with van der Waals surface area (Å²) in [5, 5.41) is 2.82. The molecule has 0 aliphatic carbocycles. The molecule has 0 saturated heterocycles. The molecule has 1 amide bonds. The van der Waals surface area contributed by atoms with Crippen LogP contribution in [0.3, 0.4) is 0 Å². The number of carbonyl (C=O) groups is 1. The van der Waals surface area contributed by atoms with Crippen molar-refractivity contribution in [1.29, 1.82) is 0 Å². The van der Waals surface area contributed by atoms with Gasteiger partial charge in [0.25, 0.3) is 5.91 Å². The first kappa shape index (κ1) is 18.4. The van der Waals surface area contributed by atoms with Crippen LogP contribution in [-0.4, -0.2) is 25.7 Å². The Labute approximate surface area is 148 Å². The van der Waals surface area contributed by atoms with Crippen molar-refractivity contribution in [2.75, 3.05) is 19.0 Å². The van der Waals surface area contributed by atoms with E-state index < -0.39 is 6.10 Å². The third-order valence-electron chi connectivity index (χ3n) is 3.33. The van der Waals surface area contributed by atoms with E-state index in [1.165, 1.54) is 0 Å². The monoisotopic (exact) mass is 341 g/mol. The Hall–Kier alpha value is -2.95. The number of nitrogens with one attached hydrogen (secondary N) is 1. The first-order chi connectivity index (χ1) is 12.0. The quantitative estimate of drug-likeness (QED) is 0.736. The number of hydrogen-bond donors (Lipinski definition) is 1. The number of benzene rings is 2. The Kier molecular flexibility index (Phi) is 6.46. The van der Waals surface area contributed by atoms with Gasteiger partial charge in [0.1, 0.15) is 23.9 Å². The van der Waals surface area contributed by atoms with Crippen molar-refractivity contribution in [2.24, 2.45) is 0 Å². The number of methoxy groups -OCH3 is 1. The molecule has 0 heterocycles. The third kappa shape index (κ3) is 5.88. The van der Waals surface area contributed by atoms with E-state index in [2.05, 4.69) is 11.9 Å². The maximum Gasteiger partial charge on any atom is 0.265 e. The molecule has 2 aromatic carbocycles. The highest BCUT2D eigenvalue weighted by Gasteiger charge is 2.15. The zero-order valence-corrected chi connectivity index (χ0v) is 14.7. The lowest BCUT2D eigenvalue weighted by molar-refractivity contribution is -0.122. The van der Waals surface area contributed by atoms with Gasteiger partial charge in [0, 0.05) is 11.8 Å². The maximum absolute atomic E-state index is 12.3. The molecule has 1 unspecified atom stereocenters. The summed E-state index contributed by atoms with van der Waals surface area (Å²) in [6, 6.07) is 14.3. The molecule has 0 fully saturated rings. The predicted octanol–water partition coefficient (Wildman–Crippen LogP) is 4.06. The smallest absolute Gasteiger partial charge is 0.265 e. The summed E-state index contributed by atoms with van der Waals surface area (Å²) >= 11 is 0. The average Bonchev–Trinajstić information content (AvgIpc) is 2.61. The molecule has 1 atom stereocenters. The minimum absolute atomic E-state index is 0.243. The van der Waals surface area contributed by atoms with E-state index in [1.807, 2.05) is 19.1 Å². The van der Waals surface area contributed by atoms with Crippen LogP contribution in [-0.2, 0) is 4.79 Å². The van der Waals surface area contributed by atoms with Crippen LogP contribution in [0, 0.1) is 0 Å². The molecular formula is C20H23NO4. The first-order valence-electron chi connectivity index (χ1n) is 7.96. The van der Waals surface area contributed by atoms with Gasteiger partial charge < -0.3 is 19.5 Å². The van der Waals surface area contributed by atoms with E-state index in [1.54, 1.807) is 50.4 Å². The van der Waals surface area contributed by atoms with Gasteiger partial charge in [-0.1, -0.05) is 12.6 Å². The largest absolute Gasteiger partial charge is 0.497 e. The van der Waals surface area contributed by atoms with Crippen molar-refractivity contribution in [3.63, 3.8) is 0 Å². The molecule has 1 N–H and O–H groups in total. The zero-order chi connectivity index (χ0) is 18.2. The fraction of sp³-hybridized carbons (Fsp3) is 0.250. The highest BCUT2D eigenvalue weighted by atomic mass is 16.5. The molecule has 5 heteroatoms. The number of carbonyl (C=O) groups excluding carboxylic acids is 1. The standard InChI is InChI=1S/C20H23NO4/c1-14(2)13-24-19-7-5-6-16(12-19)21-20(22)15(3)25-18-10-8-17(23-4)9-11-18/h5-12,15H,1,13H2,2-4H3,(H,21,22). The van der Waals surface area contributed by atoms with Gasteiger partial charge in [-0.15, -0.1) is 0 Å². The molecule has 2 aromatic rings. The lowest BCUT2D eigenvalue weighted by atomic mass is 10.2. The molecule has 5 nitrogen and oxygen atoms in total. The number of anilines is 1. The van der Waals surface area contributed by atoms with E-state index in [9.17, 15) is 4.79 Å². The van der Waals surface area contributed by atoms with Crippen LogP contribution < -0.4 is 19.5 Å². The van der Waals surface area contributed by atoms with Gasteiger partial charge >= 0.3 is 0 Å². The van der Waals surface area contributed by atoms with Crippen LogP contribution in [0.25, 0.3) is 0 Å². The molecule has 0 spiro atoms. The predicted molar refractivity (Wildman–Crippen MR) is 98.5 cm³/mol. The van der Waals surface area contributed by atoms with Crippen molar-refractivity contribution in [3.8, 4) is 17.2 Å². The van der Waals surface area contributed by atoms with Crippen LogP contribution in [0.1, 0.15) is 13.8 Å². The van der Waals surface area contributed by atoms with E-state index in [4.69, 9.17) is 14.2 Å². The van der Waals surface area contributed by atoms with Crippen LogP contribution in [0.5, 0.6) is 17.2 Å². The van der Waals surface area contributed by atoms with E-state index in [-0.39, 0.29) is 5.91 Å². The second-order valence-corrected chi connectivity index (χ2v) is 5.70. The SMILES string of the molecule is C=C(C)COc1cccc(NC(=O)C(C)Oc2ccc(OC)cc2)c1. The van der Waals surface area contributed by atoms with Gasteiger partial charge in [-0.2, -0.15) is 0 Å². The highest BCUT2D eigenvalue weighted by Crippen LogP contribution is 2.20. The van der Waals surface area contributed by atoms with Gasteiger partial charge in [0.15, 0.2) is 6.10 Å². The Morgan fingerprint density at radius 3 is 2.44 bits per heavy atom. The number of hydrogen-bond acceptors (Lipinski definition) is 4. The Morgan fingerprint density at radius 2 is 1.80 bits per heavy atom. The summed E-state index contributed by atoms with van der Waals surface area (Å²) in [7, 11) is 1.60. The van der Waals surface area contributed by atoms with Crippen LogP contribution in [0.4, 0.5) is 5.69 Å². The first-order valence-corrected chi connectivity index (χ1v) is 7.96. The Balaban J connectivity index is 1.93. The van der Waals surface area contributed by atoms with Crippen molar-refractivity contribution < 1.29 is 19.0 Å². The van der Waals surface area contributed by atoms with Gasteiger partial charge in [0.2, 0.25) is 0 Å². The maximum atomic E-state index is 12.3. The van der Waals surface area contributed by atoms with Gasteiger partial charge in [0.05, 0.1) is 7.11 Å². The summed E-state index contributed by atoms with van der Waals surface area (Å²) in [5.41, 5.74) is 1.57. The van der Waals surface area contributed by atoms with Crippen LogP contribution in [0.15, 0.2) is 60.7 Å². The van der Waals surface area contributed by atoms with Crippen LogP contribution in [0.2, 0.25) is 0 Å². The molecule has 25 heavy (non-hydrogen) atoms. The Morgan fingerprint density at radius 1 is 1.12 bits per heavy atom. The third-order valence-corrected chi connectivity index (χ3v) is 3.33. The molecule has 0 aliphatic heterocycles. The molecule has 0 radical (unpaired) electrons. The molecule has 0 saturated carbocycles. The topological polar surface area (TPSA) is 56.8 Å².